The Bertz CT molecular complexity index is 1320. The molecule has 0 aliphatic carbocycles. The number of ether oxygens (including phenoxy) is 1. The Morgan fingerprint density at radius 3 is 2.50 bits per heavy atom. The van der Waals surface area contributed by atoms with Crippen molar-refractivity contribution in [3.8, 4) is 28.1 Å². The van der Waals surface area contributed by atoms with Crippen LogP contribution in [-0.4, -0.2) is 27.2 Å². The second-order valence-corrected chi connectivity index (χ2v) is 8.94. The van der Waals surface area contributed by atoms with E-state index in [9.17, 15) is 4.79 Å². The van der Waals surface area contributed by atoms with Gasteiger partial charge in [-0.15, -0.1) is 0 Å². The molecular weight excluding hydrogens is 424 g/mol. The van der Waals surface area contributed by atoms with Gasteiger partial charge in [-0.05, 0) is 59.4 Å². The maximum Gasteiger partial charge on any atom is 0.270 e. The summed E-state index contributed by atoms with van der Waals surface area (Å²) in [4.78, 5) is 16.9. The Balaban J connectivity index is 1.43. The lowest BCUT2D eigenvalue weighted by Gasteiger charge is -2.16. The first-order valence-electron chi connectivity index (χ1n) is 11.6. The fraction of sp³-hybridized carbons (Fsp3) is 0.250. The third-order valence-electron chi connectivity index (χ3n) is 6.30. The van der Waals surface area contributed by atoms with Crippen molar-refractivity contribution in [2.75, 3.05) is 6.54 Å². The van der Waals surface area contributed by atoms with E-state index >= 15 is 0 Å². The third-order valence-corrected chi connectivity index (χ3v) is 6.30. The van der Waals surface area contributed by atoms with E-state index in [1.54, 1.807) is 17.1 Å². The molecule has 0 unspecified atom stereocenters. The minimum atomic E-state index is -0.102. The van der Waals surface area contributed by atoms with E-state index in [-0.39, 0.29) is 5.91 Å². The summed E-state index contributed by atoms with van der Waals surface area (Å²) in [5.74, 6) is 1.19. The zero-order chi connectivity index (χ0) is 23.7. The number of rotatable bonds is 6. The minimum Gasteiger partial charge on any atom is -0.489 e. The van der Waals surface area contributed by atoms with E-state index in [0.29, 0.717) is 31.3 Å². The van der Waals surface area contributed by atoms with E-state index in [0.717, 1.165) is 28.1 Å². The molecular formula is C28H28N4O2. The van der Waals surface area contributed by atoms with Crippen molar-refractivity contribution in [3.63, 3.8) is 0 Å². The molecule has 0 bridgehead atoms. The zero-order valence-corrected chi connectivity index (χ0v) is 19.7. The number of aromatic nitrogens is 3. The molecule has 2 aromatic carbocycles. The highest BCUT2D eigenvalue weighted by molar-refractivity contribution is 6.03. The number of pyridine rings is 1. The molecule has 2 aromatic heterocycles. The molecule has 0 spiro atoms. The van der Waals surface area contributed by atoms with Gasteiger partial charge < -0.3 is 10.1 Å². The van der Waals surface area contributed by atoms with Crippen LogP contribution in [0.3, 0.4) is 0 Å². The number of nitrogens with zero attached hydrogens (tertiary/aromatic N) is 3. The second kappa shape index (κ2) is 9.14. The highest BCUT2D eigenvalue weighted by Gasteiger charge is 2.27. The van der Waals surface area contributed by atoms with Crippen LogP contribution in [0.2, 0.25) is 0 Å². The summed E-state index contributed by atoms with van der Waals surface area (Å²) in [5.41, 5.74) is 7.81. The number of aryl methyl sites for hydroxylation is 1. The van der Waals surface area contributed by atoms with Gasteiger partial charge in [-0.2, -0.15) is 5.10 Å². The molecule has 0 atom stereocenters. The quantitative estimate of drug-likeness (QED) is 0.427. The van der Waals surface area contributed by atoms with Gasteiger partial charge in [-0.25, -0.2) is 0 Å². The number of hydrogen-bond donors (Lipinski definition) is 1. The number of amides is 1. The number of carbonyl (C=O) groups is 1. The topological polar surface area (TPSA) is 69.0 Å². The van der Waals surface area contributed by atoms with Crippen molar-refractivity contribution in [1.29, 1.82) is 0 Å². The number of carbonyl (C=O) groups excluding carboxylic acids is 1. The van der Waals surface area contributed by atoms with E-state index < -0.39 is 0 Å². The Morgan fingerprint density at radius 2 is 1.79 bits per heavy atom. The molecule has 1 aliphatic rings. The van der Waals surface area contributed by atoms with Crippen LogP contribution in [-0.2, 0) is 13.2 Å². The molecule has 1 amide bonds. The smallest absolute Gasteiger partial charge is 0.270 e. The lowest BCUT2D eigenvalue weighted by atomic mass is 9.98. The predicted octanol–water partition coefficient (Wildman–Crippen LogP) is 5.37. The lowest BCUT2D eigenvalue weighted by molar-refractivity contribution is 0.0925. The number of hydrogen-bond acceptors (Lipinski definition) is 4. The summed E-state index contributed by atoms with van der Waals surface area (Å²) in [6.07, 6.45) is 3.48. The van der Waals surface area contributed by atoms with Crippen molar-refractivity contribution in [2.45, 2.75) is 39.8 Å². The number of nitrogens with one attached hydrogen (secondary N) is 1. The highest BCUT2D eigenvalue weighted by atomic mass is 16.5. The molecule has 1 N–H and O–H groups in total. The molecule has 4 aromatic rings. The average Bonchev–Trinajstić information content (AvgIpc) is 3.25. The number of benzene rings is 2. The normalized spacial score (nSPS) is 13.0. The molecule has 0 radical (unpaired) electrons. The average molecular weight is 453 g/mol. The van der Waals surface area contributed by atoms with Crippen LogP contribution in [0.5, 0.6) is 5.75 Å². The van der Waals surface area contributed by atoms with Gasteiger partial charge in [0.05, 0.1) is 6.54 Å². The van der Waals surface area contributed by atoms with Crippen molar-refractivity contribution in [3.05, 3.63) is 89.4 Å². The van der Waals surface area contributed by atoms with Gasteiger partial charge in [-0.3, -0.25) is 14.5 Å². The van der Waals surface area contributed by atoms with Gasteiger partial charge in [0.2, 0.25) is 0 Å². The summed E-state index contributed by atoms with van der Waals surface area (Å²) in [6.45, 7) is 8.27. The van der Waals surface area contributed by atoms with Crippen LogP contribution in [0.4, 0.5) is 0 Å². The Hall–Kier alpha value is -3.93. The maximum atomic E-state index is 12.7. The Kier molecular flexibility index (Phi) is 5.88. The molecule has 0 fully saturated rings. The molecule has 172 valence electrons. The van der Waals surface area contributed by atoms with Crippen LogP contribution >= 0.6 is 0 Å². The second-order valence-electron chi connectivity index (χ2n) is 8.94. The third kappa shape index (κ3) is 4.19. The highest BCUT2D eigenvalue weighted by Crippen LogP contribution is 2.36. The van der Waals surface area contributed by atoms with Crippen LogP contribution in [0.25, 0.3) is 22.4 Å². The van der Waals surface area contributed by atoms with E-state index in [1.165, 1.54) is 16.7 Å². The van der Waals surface area contributed by atoms with Gasteiger partial charge in [0.25, 0.3) is 5.91 Å². The van der Waals surface area contributed by atoms with Crippen molar-refractivity contribution < 1.29 is 9.53 Å². The van der Waals surface area contributed by atoms with Crippen LogP contribution < -0.4 is 10.1 Å². The van der Waals surface area contributed by atoms with Crippen LogP contribution in [0, 0.1) is 6.92 Å². The molecule has 6 heteroatoms. The SMILES string of the molecule is Cc1cc(C(C)C)ccc1COc1ccc(-c2c(-c3ccncc3)nn3c2C(=O)NCC3)cc1. The van der Waals surface area contributed by atoms with E-state index in [4.69, 9.17) is 9.84 Å². The molecule has 1 aliphatic heterocycles. The van der Waals surface area contributed by atoms with E-state index in [1.807, 2.05) is 36.4 Å². The number of fused-ring (bicyclic) bond motifs is 1. The van der Waals surface area contributed by atoms with Gasteiger partial charge in [0, 0.05) is 30.1 Å². The fourth-order valence-corrected chi connectivity index (χ4v) is 4.32. The van der Waals surface area contributed by atoms with E-state index in [2.05, 4.69) is 49.3 Å². The van der Waals surface area contributed by atoms with Crippen molar-refractivity contribution in [1.82, 2.24) is 20.1 Å². The summed E-state index contributed by atoms with van der Waals surface area (Å²) in [5, 5.41) is 7.71. The molecule has 6 nitrogen and oxygen atoms in total. The standard InChI is InChI=1S/C28H28N4O2/c1-18(2)22-4-5-23(19(3)16-22)17-34-24-8-6-20(7-9-24)25-26(21-10-12-29-13-11-21)31-32-15-14-30-28(33)27(25)32/h4-13,16,18H,14-15,17H2,1-3H3,(H,30,33). The van der Waals surface area contributed by atoms with Crippen LogP contribution in [0.15, 0.2) is 67.0 Å². The largest absolute Gasteiger partial charge is 0.489 e. The molecule has 0 saturated heterocycles. The molecule has 34 heavy (non-hydrogen) atoms. The summed E-state index contributed by atoms with van der Waals surface area (Å²) >= 11 is 0. The lowest BCUT2D eigenvalue weighted by Crippen LogP contribution is -2.35. The van der Waals surface area contributed by atoms with Crippen molar-refractivity contribution in [2.24, 2.45) is 0 Å². The predicted molar refractivity (Wildman–Crippen MR) is 133 cm³/mol. The Labute approximate surface area is 199 Å². The fourth-order valence-electron chi connectivity index (χ4n) is 4.32. The van der Waals surface area contributed by atoms with Gasteiger partial charge in [0.1, 0.15) is 23.7 Å². The van der Waals surface area contributed by atoms with Gasteiger partial charge in [0.15, 0.2) is 0 Å². The summed E-state index contributed by atoms with van der Waals surface area (Å²) in [6, 6.07) is 18.3. The van der Waals surface area contributed by atoms with Crippen molar-refractivity contribution >= 4 is 5.91 Å². The Morgan fingerprint density at radius 1 is 1.03 bits per heavy atom. The molecule has 3 heterocycles. The van der Waals surface area contributed by atoms with Crippen LogP contribution in [0.1, 0.15) is 46.9 Å². The zero-order valence-electron chi connectivity index (χ0n) is 19.7. The first-order valence-corrected chi connectivity index (χ1v) is 11.6. The summed E-state index contributed by atoms with van der Waals surface area (Å²) in [7, 11) is 0. The first kappa shape index (κ1) is 21.9. The molecule has 0 saturated carbocycles. The minimum absolute atomic E-state index is 0.102. The molecule has 5 rings (SSSR count). The maximum absolute atomic E-state index is 12.7. The summed E-state index contributed by atoms with van der Waals surface area (Å²) < 4.78 is 7.89. The first-order chi connectivity index (χ1) is 16.5. The monoisotopic (exact) mass is 452 g/mol. The van der Waals surface area contributed by atoms with Gasteiger partial charge >= 0.3 is 0 Å². The van der Waals surface area contributed by atoms with Gasteiger partial charge in [-0.1, -0.05) is 44.2 Å².